The molecule has 0 saturated carbocycles. The number of benzene rings is 1. The second-order valence-electron chi connectivity index (χ2n) is 6.12. The number of likely N-dealkylation sites (N-methyl/N-ethyl adjacent to an activating group) is 1. The summed E-state index contributed by atoms with van der Waals surface area (Å²) in [4.78, 5) is 18.7. The molecule has 6 nitrogen and oxygen atoms in total. The maximum absolute atomic E-state index is 13.5. The van der Waals surface area contributed by atoms with Gasteiger partial charge in [-0.25, -0.2) is 9.37 Å². The van der Waals surface area contributed by atoms with Crippen molar-refractivity contribution < 1.29 is 18.7 Å². The van der Waals surface area contributed by atoms with Gasteiger partial charge in [0.05, 0.1) is 12.5 Å². The molecule has 1 aromatic carbocycles. The van der Waals surface area contributed by atoms with Crippen LogP contribution in [0.4, 0.5) is 4.39 Å². The Bertz CT molecular complexity index is 734. The van der Waals surface area contributed by atoms with Crippen LogP contribution in [0, 0.1) is 11.7 Å². The summed E-state index contributed by atoms with van der Waals surface area (Å²) >= 11 is 0. The van der Waals surface area contributed by atoms with Crippen molar-refractivity contribution >= 4 is 5.91 Å². The van der Waals surface area contributed by atoms with Gasteiger partial charge in [0, 0.05) is 33.1 Å². The summed E-state index contributed by atoms with van der Waals surface area (Å²) in [6, 6.07) is 6.23. The van der Waals surface area contributed by atoms with Crippen molar-refractivity contribution in [2.45, 2.75) is 12.5 Å². The Morgan fingerprint density at radius 3 is 3.00 bits per heavy atom. The first-order valence-electron chi connectivity index (χ1n) is 8.29. The SMILES string of the molecule is CN(CCOc1ccccc1F)C(=O)[C@@H]1CCO[C@H]1c1nccn1C. The molecular formula is C18H22FN3O3. The Labute approximate surface area is 146 Å². The van der Waals surface area contributed by atoms with Gasteiger partial charge in [0.15, 0.2) is 11.6 Å². The van der Waals surface area contributed by atoms with E-state index in [-0.39, 0.29) is 30.3 Å². The molecule has 0 spiro atoms. The number of aromatic nitrogens is 2. The maximum atomic E-state index is 13.5. The van der Waals surface area contributed by atoms with E-state index in [0.717, 1.165) is 5.82 Å². The molecule has 2 atom stereocenters. The summed E-state index contributed by atoms with van der Waals surface area (Å²) in [5, 5.41) is 0. The molecule has 1 fully saturated rings. The van der Waals surface area contributed by atoms with Crippen LogP contribution in [0.25, 0.3) is 0 Å². The fraction of sp³-hybridized carbons (Fsp3) is 0.444. The lowest BCUT2D eigenvalue weighted by molar-refractivity contribution is -0.136. The number of para-hydroxylation sites is 1. The van der Waals surface area contributed by atoms with E-state index in [0.29, 0.717) is 19.6 Å². The monoisotopic (exact) mass is 347 g/mol. The smallest absolute Gasteiger partial charge is 0.228 e. The minimum Gasteiger partial charge on any atom is -0.489 e. The van der Waals surface area contributed by atoms with Crippen LogP contribution in [0.1, 0.15) is 18.3 Å². The summed E-state index contributed by atoms with van der Waals surface area (Å²) < 4.78 is 26.6. The van der Waals surface area contributed by atoms with E-state index in [1.54, 1.807) is 36.3 Å². The third kappa shape index (κ3) is 3.82. The highest BCUT2D eigenvalue weighted by molar-refractivity contribution is 5.79. The minimum absolute atomic E-state index is 0.0115. The number of halogens is 1. The van der Waals surface area contributed by atoms with Gasteiger partial charge < -0.3 is 18.9 Å². The standard InChI is InChI=1S/C18H22FN3O3/c1-21-9-8-20-17(21)16-13(7-11-25-16)18(23)22(2)10-12-24-15-6-4-3-5-14(15)19/h3-6,8-9,13,16H,7,10-12H2,1-2H3/t13-,16-/m1/s1. The highest BCUT2D eigenvalue weighted by Crippen LogP contribution is 2.34. The molecule has 0 radical (unpaired) electrons. The van der Waals surface area contributed by atoms with Crippen molar-refractivity contribution in [3.8, 4) is 5.75 Å². The second kappa shape index (κ2) is 7.65. The number of amides is 1. The summed E-state index contributed by atoms with van der Waals surface area (Å²) in [6.07, 6.45) is 3.87. The fourth-order valence-electron chi connectivity index (χ4n) is 3.00. The Kier molecular flexibility index (Phi) is 5.33. The molecule has 1 aromatic heterocycles. The quantitative estimate of drug-likeness (QED) is 0.804. The zero-order chi connectivity index (χ0) is 17.8. The number of hydrogen-bond donors (Lipinski definition) is 0. The van der Waals surface area contributed by atoms with Crippen LogP contribution in [-0.4, -0.2) is 47.2 Å². The normalized spacial score (nSPS) is 19.8. The summed E-state index contributed by atoms with van der Waals surface area (Å²) in [7, 11) is 3.61. The van der Waals surface area contributed by atoms with Crippen LogP contribution in [-0.2, 0) is 16.6 Å². The van der Waals surface area contributed by atoms with Crippen molar-refractivity contribution in [3.63, 3.8) is 0 Å². The van der Waals surface area contributed by atoms with E-state index in [4.69, 9.17) is 9.47 Å². The van der Waals surface area contributed by atoms with Crippen molar-refractivity contribution in [2.24, 2.45) is 13.0 Å². The van der Waals surface area contributed by atoms with Crippen LogP contribution in [0.2, 0.25) is 0 Å². The van der Waals surface area contributed by atoms with E-state index >= 15 is 0 Å². The molecule has 25 heavy (non-hydrogen) atoms. The first-order chi connectivity index (χ1) is 12.1. The Balaban J connectivity index is 1.56. The van der Waals surface area contributed by atoms with Gasteiger partial charge in [0.1, 0.15) is 18.5 Å². The molecule has 1 aliphatic rings. The summed E-state index contributed by atoms with van der Waals surface area (Å²) in [6.45, 7) is 1.13. The third-order valence-corrected chi connectivity index (χ3v) is 4.42. The predicted octanol–water partition coefficient (Wildman–Crippen LogP) is 2.17. The molecule has 2 heterocycles. The van der Waals surface area contributed by atoms with Crippen LogP contribution >= 0.6 is 0 Å². The summed E-state index contributed by atoms with van der Waals surface area (Å²) in [5.74, 6) is 0.267. The van der Waals surface area contributed by atoms with Gasteiger partial charge in [0.25, 0.3) is 0 Å². The molecule has 7 heteroatoms. The van der Waals surface area contributed by atoms with Gasteiger partial charge in [0.2, 0.25) is 5.91 Å². The Morgan fingerprint density at radius 2 is 2.28 bits per heavy atom. The maximum Gasteiger partial charge on any atom is 0.228 e. The molecule has 0 N–H and O–H groups in total. The van der Waals surface area contributed by atoms with Crippen LogP contribution in [0.3, 0.4) is 0 Å². The van der Waals surface area contributed by atoms with Gasteiger partial charge in [-0.05, 0) is 18.6 Å². The van der Waals surface area contributed by atoms with Crippen molar-refractivity contribution in [1.29, 1.82) is 0 Å². The average molecular weight is 347 g/mol. The highest BCUT2D eigenvalue weighted by Gasteiger charge is 2.38. The molecule has 1 aliphatic heterocycles. The van der Waals surface area contributed by atoms with Crippen molar-refractivity contribution in [2.75, 3.05) is 26.8 Å². The summed E-state index contributed by atoms with van der Waals surface area (Å²) in [5.41, 5.74) is 0. The molecule has 0 aliphatic carbocycles. The number of ether oxygens (including phenoxy) is 2. The number of carbonyl (C=O) groups excluding carboxylic acids is 1. The molecule has 3 rings (SSSR count). The number of rotatable bonds is 6. The van der Waals surface area contributed by atoms with Crippen LogP contribution in [0.5, 0.6) is 5.75 Å². The molecule has 1 saturated heterocycles. The first kappa shape index (κ1) is 17.4. The van der Waals surface area contributed by atoms with Crippen LogP contribution in [0.15, 0.2) is 36.7 Å². The number of imidazole rings is 1. The highest BCUT2D eigenvalue weighted by atomic mass is 19.1. The van der Waals surface area contributed by atoms with E-state index < -0.39 is 5.82 Å². The van der Waals surface area contributed by atoms with Gasteiger partial charge in [-0.1, -0.05) is 12.1 Å². The number of nitrogens with zero attached hydrogens (tertiary/aromatic N) is 3. The Morgan fingerprint density at radius 1 is 1.48 bits per heavy atom. The van der Waals surface area contributed by atoms with E-state index in [9.17, 15) is 9.18 Å². The number of aryl methyl sites for hydroxylation is 1. The van der Waals surface area contributed by atoms with Gasteiger partial charge in [-0.3, -0.25) is 4.79 Å². The Hall–Kier alpha value is -2.41. The lowest BCUT2D eigenvalue weighted by Gasteiger charge is -2.24. The minimum atomic E-state index is -0.407. The van der Waals surface area contributed by atoms with Crippen molar-refractivity contribution in [1.82, 2.24) is 14.5 Å². The molecule has 134 valence electrons. The van der Waals surface area contributed by atoms with Gasteiger partial charge in [-0.2, -0.15) is 0 Å². The predicted molar refractivity (Wildman–Crippen MR) is 89.5 cm³/mol. The van der Waals surface area contributed by atoms with E-state index in [1.165, 1.54) is 6.07 Å². The number of carbonyl (C=O) groups is 1. The zero-order valence-corrected chi connectivity index (χ0v) is 14.4. The third-order valence-electron chi connectivity index (χ3n) is 4.42. The molecule has 0 unspecified atom stereocenters. The zero-order valence-electron chi connectivity index (χ0n) is 14.4. The molecule has 1 amide bonds. The van der Waals surface area contributed by atoms with E-state index in [1.807, 2.05) is 17.8 Å². The lowest BCUT2D eigenvalue weighted by atomic mass is 9.99. The van der Waals surface area contributed by atoms with E-state index in [2.05, 4.69) is 4.98 Å². The molecule has 0 bridgehead atoms. The molecular weight excluding hydrogens is 325 g/mol. The van der Waals surface area contributed by atoms with Gasteiger partial charge in [-0.15, -0.1) is 0 Å². The topological polar surface area (TPSA) is 56.6 Å². The average Bonchev–Trinajstić information content (AvgIpc) is 3.24. The first-order valence-corrected chi connectivity index (χ1v) is 8.29. The lowest BCUT2D eigenvalue weighted by Crippen LogP contribution is -2.37. The van der Waals surface area contributed by atoms with Gasteiger partial charge >= 0.3 is 0 Å². The molecule has 2 aromatic rings. The largest absolute Gasteiger partial charge is 0.489 e. The fourth-order valence-corrected chi connectivity index (χ4v) is 3.00. The van der Waals surface area contributed by atoms with Crippen LogP contribution < -0.4 is 4.74 Å². The van der Waals surface area contributed by atoms with Crippen molar-refractivity contribution in [3.05, 3.63) is 48.3 Å². The second-order valence-corrected chi connectivity index (χ2v) is 6.12. The number of hydrogen-bond acceptors (Lipinski definition) is 4.